The number of allylic oxidation sites excluding steroid dienone is 2. The van der Waals surface area contributed by atoms with Crippen LogP contribution in [0.3, 0.4) is 0 Å². The van der Waals surface area contributed by atoms with Gasteiger partial charge in [-0.15, -0.1) is 0 Å². The molecule has 56 valence electrons. The topological polar surface area (TPSA) is 29.5 Å². The molecule has 0 amide bonds. The molecule has 0 fully saturated rings. The van der Waals surface area contributed by atoms with Crippen LogP contribution in [-0.4, -0.2) is 12.2 Å². The Morgan fingerprint density at radius 2 is 2.00 bits per heavy atom. The Kier molecular flexibility index (Phi) is 3.33. The van der Waals surface area contributed by atoms with E-state index in [9.17, 15) is 0 Å². The molecule has 2 nitrogen and oxygen atoms in total. The zero-order valence-corrected chi connectivity index (χ0v) is 6.35. The first kappa shape index (κ1) is 8.82. The number of aliphatic hydroxyl groups is 1. The van der Waals surface area contributed by atoms with Crippen molar-refractivity contribution in [2.75, 3.05) is 7.11 Å². The Labute approximate surface area is 61.1 Å². The maximum absolute atomic E-state index is 8.70. The third kappa shape index (κ3) is 2.97. The molecule has 0 spiro atoms. The van der Waals surface area contributed by atoms with Crippen LogP contribution >= 0.6 is 0 Å². The highest BCUT2D eigenvalue weighted by Crippen LogP contribution is 2.07. The van der Waals surface area contributed by atoms with E-state index in [0.717, 1.165) is 5.57 Å². The van der Waals surface area contributed by atoms with Gasteiger partial charge in [-0.2, -0.15) is 0 Å². The Bertz CT molecular complexity index is 178. The van der Waals surface area contributed by atoms with Gasteiger partial charge in [0.05, 0.1) is 7.11 Å². The standard InChI is InChI=1S/C8H12O2/c1-6(5-7(2)9)8(3)10-4/h5,9H,2-3H2,1,4H3/b6-5-. The summed E-state index contributed by atoms with van der Waals surface area (Å²) in [6.45, 7) is 8.66. The minimum absolute atomic E-state index is 0.00991. The van der Waals surface area contributed by atoms with Crippen molar-refractivity contribution in [1.29, 1.82) is 0 Å². The van der Waals surface area contributed by atoms with Gasteiger partial charge in [0.1, 0.15) is 11.5 Å². The fourth-order valence-corrected chi connectivity index (χ4v) is 0.491. The van der Waals surface area contributed by atoms with Gasteiger partial charge in [0.15, 0.2) is 0 Å². The molecule has 0 bridgehead atoms. The van der Waals surface area contributed by atoms with Crippen LogP contribution in [0.4, 0.5) is 0 Å². The maximum Gasteiger partial charge on any atom is 0.114 e. The fraction of sp³-hybridized carbons (Fsp3) is 0.250. The highest BCUT2D eigenvalue weighted by Gasteiger charge is 1.94. The Morgan fingerprint density at radius 1 is 1.50 bits per heavy atom. The van der Waals surface area contributed by atoms with E-state index in [2.05, 4.69) is 13.2 Å². The van der Waals surface area contributed by atoms with Crippen molar-refractivity contribution in [3.63, 3.8) is 0 Å². The van der Waals surface area contributed by atoms with Gasteiger partial charge in [-0.1, -0.05) is 13.2 Å². The Hall–Kier alpha value is -1.18. The second-order valence-corrected chi connectivity index (χ2v) is 1.95. The van der Waals surface area contributed by atoms with E-state index < -0.39 is 0 Å². The van der Waals surface area contributed by atoms with E-state index in [0.29, 0.717) is 5.76 Å². The zero-order valence-electron chi connectivity index (χ0n) is 6.35. The van der Waals surface area contributed by atoms with Gasteiger partial charge in [-0.25, -0.2) is 0 Å². The van der Waals surface area contributed by atoms with Gasteiger partial charge in [0.25, 0.3) is 0 Å². The lowest BCUT2D eigenvalue weighted by Crippen LogP contribution is -1.86. The van der Waals surface area contributed by atoms with Crippen molar-refractivity contribution in [2.45, 2.75) is 6.92 Å². The molecule has 0 saturated heterocycles. The first-order valence-corrected chi connectivity index (χ1v) is 2.87. The smallest absolute Gasteiger partial charge is 0.114 e. The summed E-state index contributed by atoms with van der Waals surface area (Å²) in [6, 6.07) is 0. The summed E-state index contributed by atoms with van der Waals surface area (Å²) < 4.78 is 4.80. The molecule has 0 aromatic rings. The van der Waals surface area contributed by atoms with Crippen LogP contribution in [-0.2, 0) is 4.74 Å². The van der Waals surface area contributed by atoms with Gasteiger partial charge in [-0.3, -0.25) is 0 Å². The Morgan fingerprint density at radius 3 is 2.30 bits per heavy atom. The van der Waals surface area contributed by atoms with Crippen molar-refractivity contribution >= 4 is 0 Å². The lowest BCUT2D eigenvalue weighted by Gasteiger charge is -2.02. The largest absolute Gasteiger partial charge is 0.509 e. The molecule has 0 unspecified atom stereocenters. The molecule has 0 aliphatic carbocycles. The molecule has 0 atom stereocenters. The number of methoxy groups -OCH3 is 1. The molecule has 0 heterocycles. The molecule has 2 heteroatoms. The zero-order chi connectivity index (χ0) is 8.15. The lowest BCUT2D eigenvalue weighted by atomic mass is 10.2. The molecule has 0 radical (unpaired) electrons. The summed E-state index contributed by atoms with van der Waals surface area (Å²) in [5.41, 5.74) is 0.773. The first-order valence-electron chi connectivity index (χ1n) is 2.87. The van der Waals surface area contributed by atoms with Crippen molar-refractivity contribution in [3.8, 4) is 0 Å². The molecule has 0 aliphatic heterocycles. The van der Waals surface area contributed by atoms with Crippen molar-refractivity contribution in [3.05, 3.63) is 36.3 Å². The van der Waals surface area contributed by atoms with Crippen LogP contribution in [0.15, 0.2) is 36.3 Å². The number of ether oxygens (including phenoxy) is 1. The monoisotopic (exact) mass is 140 g/mol. The average Bonchev–Trinajstić information content (AvgIpc) is 1.85. The van der Waals surface area contributed by atoms with Gasteiger partial charge >= 0.3 is 0 Å². The SMILES string of the molecule is C=C(O)/C=C(/C)C(=C)OC. The normalized spacial score (nSPS) is 10.8. The predicted molar refractivity (Wildman–Crippen MR) is 41.7 cm³/mol. The third-order valence-corrected chi connectivity index (χ3v) is 1.07. The predicted octanol–water partition coefficient (Wildman–Crippen LogP) is 2.16. The quantitative estimate of drug-likeness (QED) is 0.481. The summed E-state index contributed by atoms with van der Waals surface area (Å²) in [5, 5.41) is 8.70. The van der Waals surface area contributed by atoms with E-state index >= 15 is 0 Å². The fourth-order valence-electron chi connectivity index (χ4n) is 0.491. The number of aliphatic hydroxyl groups excluding tert-OH is 1. The van der Waals surface area contributed by atoms with Crippen molar-refractivity contribution < 1.29 is 9.84 Å². The van der Waals surface area contributed by atoms with E-state index in [1.165, 1.54) is 13.2 Å². The molecule has 0 saturated carbocycles. The minimum Gasteiger partial charge on any atom is -0.509 e. The van der Waals surface area contributed by atoms with Gasteiger partial charge in [0.2, 0.25) is 0 Å². The summed E-state index contributed by atoms with van der Waals surface area (Å²) in [5.74, 6) is 0.547. The van der Waals surface area contributed by atoms with E-state index in [-0.39, 0.29) is 5.76 Å². The molecule has 0 aromatic heterocycles. The lowest BCUT2D eigenvalue weighted by molar-refractivity contribution is 0.302. The van der Waals surface area contributed by atoms with Gasteiger partial charge in [-0.05, 0) is 18.6 Å². The summed E-state index contributed by atoms with van der Waals surface area (Å²) in [6.07, 6.45) is 1.49. The average molecular weight is 140 g/mol. The van der Waals surface area contributed by atoms with E-state index in [1.54, 1.807) is 6.92 Å². The minimum atomic E-state index is 0.00991. The molecular formula is C8H12O2. The molecule has 1 N–H and O–H groups in total. The van der Waals surface area contributed by atoms with Crippen LogP contribution in [0.5, 0.6) is 0 Å². The van der Waals surface area contributed by atoms with Gasteiger partial charge < -0.3 is 9.84 Å². The molecule has 0 rings (SSSR count). The van der Waals surface area contributed by atoms with Crippen LogP contribution in [0.25, 0.3) is 0 Å². The molecule has 10 heavy (non-hydrogen) atoms. The molecule has 0 aromatic carbocycles. The second-order valence-electron chi connectivity index (χ2n) is 1.95. The highest BCUT2D eigenvalue weighted by atomic mass is 16.5. The van der Waals surface area contributed by atoms with Crippen LogP contribution < -0.4 is 0 Å². The van der Waals surface area contributed by atoms with Crippen molar-refractivity contribution in [1.82, 2.24) is 0 Å². The second kappa shape index (κ2) is 3.77. The van der Waals surface area contributed by atoms with Crippen molar-refractivity contribution in [2.24, 2.45) is 0 Å². The number of hydrogen-bond acceptors (Lipinski definition) is 2. The van der Waals surface area contributed by atoms with Crippen LogP contribution in [0.2, 0.25) is 0 Å². The Balaban J connectivity index is 4.19. The maximum atomic E-state index is 8.70. The van der Waals surface area contributed by atoms with E-state index in [1.807, 2.05) is 0 Å². The van der Waals surface area contributed by atoms with E-state index in [4.69, 9.17) is 9.84 Å². The molecular weight excluding hydrogens is 128 g/mol. The first-order chi connectivity index (χ1) is 4.57. The highest BCUT2D eigenvalue weighted by molar-refractivity contribution is 5.26. The summed E-state index contributed by atoms with van der Waals surface area (Å²) in [4.78, 5) is 0. The van der Waals surface area contributed by atoms with Crippen LogP contribution in [0.1, 0.15) is 6.92 Å². The van der Waals surface area contributed by atoms with Gasteiger partial charge in [0, 0.05) is 0 Å². The summed E-state index contributed by atoms with van der Waals surface area (Å²) >= 11 is 0. The third-order valence-electron chi connectivity index (χ3n) is 1.07. The summed E-state index contributed by atoms with van der Waals surface area (Å²) in [7, 11) is 1.53. The van der Waals surface area contributed by atoms with Crippen LogP contribution in [0, 0.1) is 0 Å². The number of rotatable bonds is 3. The molecule has 0 aliphatic rings. The number of hydrogen-bond donors (Lipinski definition) is 1.